The highest BCUT2D eigenvalue weighted by atomic mass is 19.1. The van der Waals surface area contributed by atoms with Crippen molar-refractivity contribution >= 4 is 12.0 Å². The van der Waals surface area contributed by atoms with E-state index in [4.69, 9.17) is 9.84 Å². The van der Waals surface area contributed by atoms with E-state index in [2.05, 4.69) is 0 Å². The van der Waals surface area contributed by atoms with Gasteiger partial charge in [-0.25, -0.2) is 9.18 Å². The molecular formula is C17H15FO3. The Kier molecular flexibility index (Phi) is 4.72. The summed E-state index contributed by atoms with van der Waals surface area (Å²) in [5, 5.41) is 8.61. The third-order valence-electron chi connectivity index (χ3n) is 2.89. The molecule has 0 aliphatic carbocycles. The average Bonchev–Trinajstić information content (AvgIpc) is 2.45. The highest BCUT2D eigenvalue weighted by molar-refractivity contribution is 5.85. The van der Waals surface area contributed by atoms with Crippen LogP contribution >= 0.6 is 0 Å². The van der Waals surface area contributed by atoms with E-state index >= 15 is 0 Å². The Balaban J connectivity index is 2.30. The average molecular weight is 286 g/mol. The second-order valence-electron chi connectivity index (χ2n) is 4.46. The maximum absolute atomic E-state index is 13.6. The Labute approximate surface area is 122 Å². The molecule has 3 nitrogen and oxygen atoms in total. The number of aryl methyl sites for hydroxylation is 1. The minimum absolute atomic E-state index is 0.334. The van der Waals surface area contributed by atoms with Crippen molar-refractivity contribution in [3.05, 3.63) is 65.5 Å². The fourth-order valence-corrected chi connectivity index (χ4v) is 1.93. The fourth-order valence-electron chi connectivity index (χ4n) is 1.93. The quantitative estimate of drug-likeness (QED) is 0.834. The van der Waals surface area contributed by atoms with Crippen LogP contribution in [-0.4, -0.2) is 11.1 Å². The van der Waals surface area contributed by atoms with E-state index < -0.39 is 11.8 Å². The van der Waals surface area contributed by atoms with Crippen LogP contribution in [0, 0.1) is 5.82 Å². The number of rotatable bonds is 5. The highest BCUT2D eigenvalue weighted by Gasteiger charge is 2.05. The molecule has 1 N–H and O–H groups in total. The molecule has 0 heterocycles. The molecule has 0 aromatic heterocycles. The topological polar surface area (TPSA) is 46.5 Å². The molecule has 0 amide bonds. The molecule has 0 saturated heterocycles. The van der Waals surface area contributed by atoms with Crippen LogP contribution in [0.3, 0.4) is 0 Å². The first kappa shape index (κ1) is 14.8. The molecule has 2 rings (SSSR count). The summed E-state index contributed by atoms with van der Waals surface area (Å²) in [5.41, 5.74) is 1.45. The minimum atomic E-state index is -1.09. The molecule has 0 unspecified atom stereocenters. The molecule has 0 aliphatic rings. The highest BCUT2D eigenvalue weighted by Crippen LogP contribution is 2.27. The molecular weight excluding hydrogens is 271 g/mol. The van der Waals surface area contributed by atoms with Gasteiger partial charge in [0.25, 0.3) is 0 Å². The number of carboxylic acid groups (broad SMARTS) is 1. The second kappa shape index (κ2) is 6.70. The molecule has 0 spiro atoms. The summed E-state index contributed by atoms with van der Waals surface area (Å²) < 4.78 is 19.3. The van der Waals surface area contributed by atoms with E-state index in [1.54, 1.807) is 6.07 Å². The van der Waals surface area contributed by atoms with Gasteiger partial charge < -0.3 is 9.84 Å². The smallest absolute Gasteiger partial charge is 0.328 e. The van der Waals surface area contributed by atoms with E-state index in [1.807, 2.05) is 31.2 Å². The number of carboxylic acids is 1. The van der Waals surface area contributed by atoms with E-state index in [9.17, 15) is 9.18 Å². The van der Waals surface area contributed by atoms with E-state index in [0.29, 0.717) is 17.1 Å². The zero-order valence-corrected chi connectivity index (χ0v) is 11.5. The van der Waals surface area contributed by atoms with Crippen molar-refractivity contribution in [3.8, 4) is 11.5 Å². The SMILES string of the molecule is CCc1ccccc1Oc1cc(F)cc(/C=C/C(=O)O)c1. The van der Waals surface area contributed by atoms with E-state index in [-0.39, 0.29) is 0 Å². The van der Waals surface area contributed by atoms with Crippen molar-refractivity contribution in [1.82, 2.24) is 0 Å². The molecule has 0 saturated carbocycles. The fraction of sp³-hybridized carbons (Fsp3) is 0.118. The van der Waals surface area contributed by atoms with Crippen molar-refractivity contribution in [2.75, 3.05) is 0 Å². The van der Waals surface area contributed by atoms with Gasteiger partial charge in [-0.05, 0) is 41.8 Å². The van der Waals surface area contributed by atoms with Crippen molar-refractivity contribution in [2.24, 2.45) is 0 Å². The zero-order chi connectivity index (χ0) is 15.2. The largest absolute Gasteiger partial charge is 0.478 e. The van der Waals surface area contributed by atoms with Crippen molar-refractivity contribution in [2.45, 2.75) is 13.3 Å². The number of carbonyl (C=O) groups is 1. The number of para-hydroxylation sites is 1. The van der Waals surface area contributed by atoms with E-state index in [1.165, 1.54) is 18.2 Å². The van der Waals surface area contributed by atoms with Gasteiger partial charge in [-0.3, -0.25) is 0 Å². The van der Waals surface area contributed by atoms with Gasteiger partial charge >= 0.3 is 5.97 Å². The summed E-state index contributed by atoms with van der Waals surface area (Å²) in [6.45, 7) is 2.01. The minimum Gasteiger partial charge on any atom is -0.478 e. The lowest BCUT2D eigenvalue weighted by Gasteiger charge is -2.10. The van der Waals surface area contributed by atoms with Crippen LogP contribution in [0.2, 0.25) is 0 Å². The molecule has 0 aliphatic heterocycles. The number of ether oxygens (including phenoxy) is 1. The van der Waals surface area contributed by atoms with Gasteiger partial charge in [-0.1, -0.05) is 25.1 Å². The first-order chi connectivity index (χ1) is 10.1. The van der Waals surface area contributed by atoms with Gasteiger partial charge in [-0.2, -0.15) is 0 Å². The summed E-state index contributed by atoms with van der Waals surface area (Å²) in [5.74, 6) is -0.565. The predicted octanol–water partition coefficient (Wildman–Crippen LogP) is 4.28. The predicted molar refractivity (Wildman–Crippen MR) is 79.0 cm³/mol. The molecule has 0 bridgehead atoms. The summed E-state index contributed by atoms with van der Waals surface area (Å²) in [6, 6.07) is 11.6. The molecule has 21 heavy (non-hydrogen) atoms. The summed E-state index contributed by atoms with van der Waals surface area (Å²) in [6.07, 6.45) is 3.08. The zero-order valence-electron chi connectivity index (χ0n) is 11.5. The molecule has 2 aromatic rings. The van der Waals surface area contributed by atoms with E-state index in [0.717, 1.165) is 18.1 Å². The van der Waals surface area contributed by atoms with Crippen molar-refractivity contribution in [3.63, 3.8) is 0 Å². The number of halogens is 1. The Morgan fingerprint density at radius 1 is 1.29 bits per heavy atom. The summed E-state index contributed by atoms with van der Waals surface area (Å²) in [7, 11) is 0. The normalized spacial score (nSPS) is 10.8. The van der Waals surface area contributed by atoms with Crippen LogP contribution < -0.4 is 4.74 Å². The third kappa shape index (κ3) is 4.18. The van der Waals surface area contributed by atoms with Crippen LogP contribution in [0.5, 0.6) is 11.5 Å². The van der Waals surface area contributed by atoms with Gasteiger partial charge in [0.2, 0.25) is 0 Å². The van der Waals surface area contributed by atoms with Crippen LogP contribution in [0.25, 0.3) is 6.08 Å². The van der Waals surface area contributed by atoms with Crippen LogP contribution in [0.4, 0.5) is 4.39 Å². The second-order valence-corrected chi connectivity index (χ2v) is 4.46. The standard InChI is InChI=1S/C17H15FO3/c1-2-13-5-3-4-6-16(13)21-15-10-12(7-8-17(19)20)9-14(18)11-15/h3-11H,2H2,1H3,(H,19,20)/b8-7+. The molecule has 0 fully saturated rings. The maximum atomic E-state index is 13.6. The molecule has 4 heteroatoms. The first-order valence-electron chi connectivity index (χ1n) is 6.56. The third-order valence-corrected chi connectivity index (χ3v) is 2.89. The number of hydrogen-bond donors (Lipinski definition) is 1. The van der Waals surface area contributed by atoms with Crippen LogP contribution in [-0.2, 0) is 11.2 Å². The Hall–Kier alpha value is -2.62. The lowest BCUT2D eigenvalue weighted by molar-refractivity contribution is -0.131. The molecule has 0 atom stereocenters. The maximum Gasteiger partial charge on any atom is 0.328 e. The lowest BCUT2D eigenvalue weighted by Crippen LogP contribution is -1.92. The Bertz CT molecular complexity index is 677. The molecule has 108 valence electrons. The monoisotopic (exact) mass is 286 g/mol. The van der Waals surface area contributed by atoms with Gasteiger partial charge in [-0.15, -0.1) is 0 Å². The molecule has 0 radical (unpaired) electrons. The lowest BCUT2D eigenvalue weighted by atomic mass is 10.1. The van der Waals surface area contributed by atoms with Crippen LogP contribution in [0.15, 0.2) is 48.5 Å². The molecule has 2 aromatic carbocycles. The summed E-state index contributed by atoms with van der Waals surface area (Å²) in [4.78, 5) is 10.5. The van der Waals surface area contributed by atoms with Crippen molar-refractivity contribution < 1.29 is 19.0 Å². The number of hydrogen-bond acceptors (Lipinski definition) is 2. The van der Waals surface area contributed by atoms with Gasteiger partial charge in [0.05, 0.1) is 0 Å². The van der Waals surface area contributed by atoms with Crippen LogP contribution in [0.1, 0.15) is 18.1 Å². The number of benzene rings is 2. The Morgan fingerprint density at radius 3 is 2.76 bits per heavy atom. The Morgan fingerprint density at radius 2 is 2.05 bits per heavy atom. The first-order valence-corrected chi connectivity index (χ1v) is 6.56. The van der Waals surface area contributed by atoms with Gasteiger partial charge in [0.1, 0.15) is 17.3 Å². The van der Waals surface area contributed by atoms with Gasteiger partial charge in [0.15, 0.2) is 0 Å². The summed E-state index contributed by atoms with van der Waals surface area (Å²) >= 11 is 0. The van der Waals surface area contributed by atoms with Gasteiger partial charge in [0, 0.05) is 12.1 Å². The number of aliphatic carboxylic acids is 1. The van der Waals surface area contributed by atoms with Crippen molar-refractivity contribution in [1.29, 1.82) is 0 Å².